The summed E-state index contributed by atoms with van der Waals surface area (Å²) in [5, 5.41) is 9.37. The summed E-state index contributed by atoms with van der Waals surface area (Å²) in [6.45, 7) is 0.444. The fourth-order valence-corrected chi connectivity index (χ4v) is 3.68. The number of hydrogen-bond acceptors (Lipinski definition) is 2. The number of hydrogen-bond donors (Lipinski definition) is 1. The molecular weight excluding hydrogens is 390 g/mol. The van der Waals surface area contributed by atoms with Crippen molar-refractivity contribution in [2.24, 2.45) is 0 Å². The summed E-state index contributed by atoms with van der Waals surface area (Å²) in [5.41, 5.74) is 2.41. The molecule has 0 unspecified atom stereocenters. The number of benzene rings is 3. The topological polar surface area (TPSA) is 50.8 Å². The van der Waals surface area contributed by atoms with Gasteiger partial charge in [-0.15, -0.1) is 0 Å². The number of fused-ring (bicyclic) bond motifs is 1. The lowest BCUT2D eigenvalue weighted by Gasteiger charge is -2.16. The Balaban J connectivity index is 2.09. The molecule has 0 spiro atoms. The summed E-state index contributed by atoms with van der Waals surface area (Å²) in [6, 6.07) is 24.9. The van der Waals surface area contributed by atoms with Crippen LogP contribution in [-0.2, 0) is 6.54 Å². The summed E-state index contributed by atoms with van der Waals surface area (Å²) in [6.07, 6.45) is 0. The Bertz CT molecular complexity index is 1200. The van der Waals surface area contributed by atoms with Crippen LogP contribution >= 0.6 is 15.9 Å². The molecule has 0 fully saturated rings. The van der Waals surface area contributed by atoms with Gasteiger partial charge in [0.15, 0.2) is 0 Å². The molecule has 1 aromatic heterocycles. The normalized spacial score (nSPS) is 11.0. The first-order chi connectivity index (χ1) is 12.7. The highest BCUT2D eigenvalue weighted by Crippen LogP contribution is 2.20. The quantitative estimate of drug-likeness (QED) is 0.548. The molecule has 0 atom stereocenters. The van der Waals surface area contributed by atoms with E-state index in [2.05, 4.69) is 15.9 Å². The van der Waals surface area contributed by atoms with Crippen molar-refractivity contribution in [3.05, 3.63) is 105 Å². The Morgan fingerprint density at radius 2 is 1.50 bits per heavy atom. The lowest BCUT2D eigenvalue weighted by Crippen LogP contribution is -2.39. The molecule has 3 aromatic carbocycles. The molecule has 0 saturated carbocycles. The number of aromatic nitrogens is 2. The first-order valence-corrected chi connectivity index (χ1v) is 9.04. The van der Waals surface area contributed by atoms with Crippen LogP contribution < -0.4 is 11.2 Å². The molecule has 0 aliphatic rings. The van der Waals surface area contributed by atoms with Crippen LogP contribution in [0.25, 0.3) is 16.6 Å². The van der Waals surface area contributed by atoms with E-state index in [0.717, 1.165) is 15.6 Å². The fourth-order valence-electron chi connectivity index (χ4n) is 3.14. The van der Waals surface area contributed by atoms with Crippen LogP contribution in [-0.4, -0.2) is 9.13 Å². The predicted molar refractivity (Wildman–Crippen MR) is 107 cm³/mol. The molecule has 4 nitrogen and oxygen atoms in total. The van der Waals surface area contributed by atoms with Gasteiger partial charge in [0.05, 0.1) is 23.1 Å². The van der Waals surface area contributed by atoms with E-state index in [4.69, 9.17) is 5.41 Å². The Morgan fingerprint density at radius 1 is 0.846 bits per heavy atom. The van der Waals surface area contributed by atoms with Gasteiger partial charge in [0.2, 0.25) is 0 Å². The maximum atomic E-state index is 13.3. The van der Waals surface area contributed by atoms with E-state index in [9.17, 15) is 4.79 Å². The number of nitrogens with one attached hydrogen (secondary N) is 1. The second kappa shape index (κ2) is 6.77. The summed E-state index contributed by atoms with van der Waals surface area (Å²) in [5.74, 6) is 0. The van der Waals surface area contributed by atoms with E-state index >= 15 is 0 Å². The van der Waals surface area contributed by atoms with Crippen LogP contribution in [0.5, 0.6) is 0 Å². The molecule has 0 saturated heterocycles. The predicted octanol–water partition coefficient (Wildman–Crippen LogP) is 4.08. The lowest BCUT2D eigenvalue weighted by molar-refractivity contribution is 0.704. The van der Waals surface area contributed by atoms with Crippen molar-refractivity contribution in [2.75, 3.05) is 0 Å². The number of nitrogens with zero attached hydrogens (tertiary/aromatic N) is 2. The van der Waals surface area contributed by atoms with Crippen LogP contribution in [0, 0.1) is 5.41 Å². The minimum Gasteiger partial charge on any atom is -0.288 e. The third-order valence-corrected chi connectivity index (χ3v) is 5.02. The smallest absolute Gasteiger partial charge is 0.288 e. The van der Waals surface area contributed by atoms with E-state index in [0.29, 0.717) is 17.6 Å². The van der Waals surface area contributed by atoms with Crippen molar-refractivity contribution < 1.29 is 0 Å². The second-order valence-corrected chi connectivity index (χ2v) is 6.86. The van der Waals surface area contributed by atoms with Gasteiger partial charge < -0.3 is 0 Å². The van der Waals surface area contributed by atoms with Crippen LogP contribution in [0.3, 0.4) is 0 Å². The zero-order valence-corrected chi connectivity index (χ0v) is 15.5. The molecule has 0 aliphatic carbocycles. The SMILES string of the molecule is N=c1c2c(Br)cccc2n(Cc2ccccc2)c(=O)n1-c1ccccc1. The highest BCUT2D eigenvalue weighted by molar-refractivity contribution is 9.10. The molecule has 0 aliphatic heterocycles. The minimum absolute atomic E-state index is 0.174. The maximum absolute atomic E-state index is 13.3. The molecule has 26 heavy (non-hydrogen) atoms. The fraction of sp³-hybridized carbons (Fsp3) is 0.0476. The first kappa shape index (κ1) is 16.5. The van der Waals surface area contributed by atoms with Crippen LogP contribution in [0.4, 0.5) is 0 Å². The van der Waals surface area contributed by atoms with E-state index in [1.54, 1.807) is 4.57 Å². The summed E-state index contributed by atoms with van der Waals surface area (Å²) in [7, 11) is 0. The van der Waals surface area contributed by atoms with Gasteiger partial charge in [0, 0.05) is 4.47 Å². The molecule has 5 heteroatoms. The molecule has 4 rings (SSSR count). The van der Waals surface area contributed by atoms with E-state index in [1.165, 1.54) is 4.57 Å². The lowest BCUT2D eigenvalue weighted by atomic mass is 10.2. The Labute approximate surface area is 158 Å². The Kier molecular flexibility index (Phi) is 4.31. The van der Waals surface area contributed by atoms with Gasteiger partial charge in [-0.25, -0.2) is 9.36 Å². The summed E-state index contributed by atoms with van der Waals surface area (Å²) < 4.78 is 3.97. The van der Waals surface area contributed by atoms with Gasteiger partial charge in [0.25, 0.3) is 0 Å². The third-order valence-electron chi connectivity index (χ3n) is 4.36. The Hall–Kier alpha value is -2.92. The van der Waals surface area contributed by atoms with Crippen molar-refractivity contribution in [2.45, 2.75) is 6.54 Å². The van der Waals surface area contributed by atoms with Gasteiger partial charge in [-0.3, -0.25) is 9.98 Å². The standard InChI is InChI=1S/C21H16BrN3O/c22-17-12-7-13-18-19(17)20(23)25(16-10-5-2-6-11-16)21(26)24(18)14-15-8-3-1-4-9-15/h1-13,23H,14H2. The highest BCUT2D eigenvalue weighted by Gasteiger charge is 2.14. The van der Waals surface area contributed by atoms with Crippen molar-refractivity contribution in [3.8, 4) is 5.69 Å². The molecule has 0 radical (unpaired) electrons. The monoisotopic (exact) mass is 405 g/mol. The van der Waals surface area contributed by atoms with Gasteiger partial charge in [-0.1, -0.05) is 54.6 Å². The second-order valence-electron chi connectivity index (χ2n) is 6.01. The van der Waals surface area contributed by atoms with Gasteiger partial charge >= 0.3 is 5.69 Å². The van der Waals surface area contributed by atoms with E-state index < -0.39 is 0 Å². The maximum Gasteiger partial charge on any atom is 0.335 e. The van der Waals surface area contributed by atoms with Crippen LogP contribution in [0.1, 0.15) is 5.56 Å². The van der Waals surface area contributed by atoms with Crippen molar-refractivity contribution in [1.82, 2.24) is 9.13 Å². The molecule has 0 bridgehead atoms. The first-order valence-electron chi connectivity index (χ1n) is 8.25. The van der Waals surface area contributed by atoms with Crippen molar-refractivity contribution >= 4 is 26.8 Å². The highest BCUT2D eigenvalue weighted by atomic mass is 79.9. The average molecular weight is 406 g/mol. The number of halogens is 1. The average Bonchev–Trinajstić information content (AvgIpc) is 2.67. The van der Waals surface area contributed by atoms with Gasteiger partial charge in [-0.2, -0.15) is 0 Å². The molecular formula is C21H16BrN3O. The molecule has 128 valence electrons. The molecule has 1 heterocycles. The van der Waals surface area contributed by atoms with Gasteiger partial charge in [0.1, 0.15) is 5.49 Å². The molecule has 1 N–H and O–H groups in total. The van der Waals surface area contributed by atoms with Crippen molar-refractivity contribution in [1.29, 1.82) is 5.41 Å². The van der Waals surface area contributed by atoms with Gasteiger partial charge in [-0.05, 0) is 45.8 Å². The van der Waals surface area contributed by atoms with Crippen LogP contribution in [0.2, 0.25) is 0 Å². The van der Waals surface area contributed by atoms with E-state index in [-0.39, 0.29) is 11.2 Å². The molecule has 4 aromatic rings. The third kappa shape index (κ3) is 2.80. The number of para-hydroxylation sites is 1. The zero-order valence-electron chi connectivity index (χ0n) is 13.9. The summed E-state index contributed by atoms with van der Waals surface area (Å²) in [4.78, 5) is 13.3. The van der Waals surface area contributed by atoms with Crippen molar-refractivity contribution in [3.63, 3.8) is 0 Å². The summed E-state index contributed by atoms with van der Waals surface area (Å²) >= 11 is 3.55. The van der Waals surface area contributed by atoms with E-state index in [1.807, 2.05) is 78.9 Å². The molecule has 0 amide bonds. The number of rotatable bonds is 3. The Morgan fingerprint density at radius 3 is 2.19 bits per heavy atom. The largest absolute Gasteiger partial charge is 0.335 e. The van der Waals surface area contributed by atoms with Crippen LogP contribution in [0.15, 0.2) is 88.1 Å². The zero-order chi connectivity index (χ0) is 18.1. The minimum atomic E-state index is -0.226.